The van der Waals surface area contributed by atoms with Crippen molar-refractivity contribution < 1.29 is 19.1 Å². The van der Waals surface area contributed by atoms with Gasteiger partial charge in [0.1, 0.15) is 0 Å². The van der Waals surface area contributed by atoms with Crippen LogP contribution in [-0.2, 0) is 16.1 Å². The minimum atomic E-state index is -0.381. The molecule has 3 amide bonds. The van der Waals surface area contributed by atoms with Crippen LogP contribution in [0.3, 0.4) is 0 Å². The van der Waals surface area contributed by atoms with Crippen LogP contribution in [0.2, 0.25) is 0 Å². The van der Waals surface area contributed by atoms with Crippen molar-refractivity contribution in [1.29, 1.82) is 0 Å². The summed E-state index contributed by atoms with van der Waals surface area (Å²) in [6, 6.07) is 13.5. The predicted molar refractivity (Wildman–Crippen MR) is 128 cm³/mol. The van der Waals surface area contributed by atoms with Crippen LogP contribution in [0, 0.1) is 0 Å². The Morgan fingerprint density at radius 3 is 2.74 bits per heavy atom. The number of nitrogens with zero attached hydrogens (tertiary/aromatic N) is 2. The van der Waals surface area contributed by atoms with Crippen molar-refractivity contribution in [1.82, 2.24) is 14.9 Å². The molecule has 0 aliphatic carbocycles. The van der Waals surface area contributed by atoms with Gasteiger partial charge in [-0.1, -0.05) is 18.2 Å². The van der Waals surface area contributed by atoms with Gasteiger partial charge in [0.2, 0.25) is 5.91 Å². The van der Waals surface area contributed by atoms with Gasteiger partial charge in [0.05, 0.1) is 23.7 Å². The third-order valence-electron chi connectivity index (χ3n) is 5.50. The SMILES string of the molecule is O=C(CCn1ccnc1)Nc1cccc(C(=O)Nc2ccccc2C(=O)NCC2CCCO2)c1. The van der Waals surface area contributed by atoms with E-state index in [4.69, 9.17) is 4.74 Å². The lowest BCUT2D eigenvalue weighted by Crippen LogP contribution is -2.32. The summed E-state index contributed by atoms with van der Waals surface area (Å²) in [5.41, 5.74) is 1.66. The predicted octanol–water partition coefficient (Wildman–Crippen LogP) is 3.07. The second-order valence-electron chi connectivity index (χ2n) is 8.02. The van der Waals surface area contributed by atoms with Crippen LogP contribution >= 0.6 is 0 Å². The van der Waals surface area contributed by atoms with E-state index in [2.05, 4.69) is 20.9 Å². The number of imidazole rings is 1. The molecule has 1 saturated heterocycles. The molecular formula is C25H27N5O4. The summed E-state index contributed by atoms with van der Waals surface area (Å²) in [6.07, 6.45) is 7.33. The first-order chi connectivity index (χ1) is 16.6. The molecule has 0 bridgehead atoms. The third kappa shape index (κ3) is 6.29. The van der Waals surface area contributed by atoms with Gasteiger partial charge in [-0.25, -0.2) is 4.98 Å². The Bertz CT molecular complexity index is 1140. The normalized spacial score (nSPS) is 15.0. The smallest absolute Gasteiger partial charge is 0.255 e. The van der Waals surface area contributed by atoms with Crippen molar-refractivity contribution in [3.05, 3.63) is 78.4 Å². The summed E-state index contributed by atoms with van der Waals surface area (Å²) in [4.78, 5) is 41.8. The van der Waals surface area contributed by atoms with Crippen molar-refractivity contribution in [3.63, 3.8) is 0 Å². The molecule has 9 nitrogen and oxygen atoms in total. The van der Waals surface area contributed by atoms with E-state index in [1.54, 1.807) is 67.3 Å². The van der Waals surface area contributed by atoms with Crippen molar-refractivity contribution in [2.45, 2.75) is 31.9 Å². The molecule has 1 aliphatic rings. The summed E-state index contributed by atoms with van der Waals surface area (Å²) in [7, 11) is 0. The number of nitrogens with one attached hydrogen (secondary N) is 3. The molecule has 1 unspecified atom stereocenters. The molecule has 3 N–H and O–H groups in total. The lowest BCUT2D eigenvalue weighted by Gasteiger charge is -2.14. The van der Waals surface area contributed by atoms with E-state index in [0.29, 0.717) is 35.6 Å². The van der Waals surface area contributed by atoms with Gasteiger partial charge in [-0.15, -0.1) is 0 Å². The van der Waals surface area contributed by atoms with E-state index in [1.165, 1.54) is 0 Å². The fraction of sp³-hybridized carbons (Fsp3) is 0.280. The Labute approximate surface area is 197 Å². The molecule has 1 aliphatic heterocycles. The van der Waals surface area contributed by atoms with E-state index < -0.39 is 0 Å². The average molecular weight is 462 g/mol. The lowest BCUT2D eigenvalue weighted by molar-refractivity contribution is -0.116. The highest BCUT2D eigenvalue weighted by Gasteiger charge is 2.19. The van der Waals surface area contributed by atoms with Crippen LogP contribution in [-0.4, -0.2) is 46.5 Å². The average Bonchev–Trinajstić information content (AvgIpc) is 3.56. The molecule has 2 aromatic carbocycles. The Balaban J connectivity index is 1.36. The zero-order valence-corrected chi connectivity index (χ0v) is 18.7. The van der Waals surface area contributed by atoms with E-state index >= 15 is 0 Å². The minimum Gasteiger partial charge on any atom is -0.376 e. The molecule has 0 spiro atoms. The van der Waals surface area contributed by atoms with Crippen LogP contribution in [0.1, 0.15) is 40.0 Å². The van der Waals surface area contributed by atoms with E-state index in [9.17, 15) is 14.4 Å². The summed E-state index contributed by atoms with van der Waals surface area (Å²) in [6.45, 7) is 1.67. The maximum absolute atomic E-state index is 12.9. The van der Waals surface area contributed by atoms with Crippen LogP contribution in [0.4, 0.5) is 11.4 Å². The molecule has 34 heavy (non-hydrogen) atoms. The summed E-state index contributed by atoms with van der Waals surface area (Å²) in [5.74, 6) is -0.821. The van der Waals surface area contributed by atoms with E-state index in [0.717, 1.165) is 19.4 Å². The number of amides is 3. The largest absolute Gasteiger partial charge is 0.376 e. The number of para-hydroxylation sites is 1. The second-order valence-corrected chi connectivity index (χ2v) is 8.02. The first kappa shape index (κ1) is 23.2. The monoisotopic (exact) mass is 461 g/mol. The van der Waals surface area contributed by atoms with Gasteiger partial charge in [0.15, 0.2) is 0 Å². The fourth-order valence-corrected chi connectivity index (χ4v) is 3.70. The number of anilines is 2. The molecule has 9 heteroatoms. The highest BCUT2D eigenvalue weighted by Crippen LogP contribution is 2.18. The van der Waals surface area contributed by atoms with Gasteiger partial charge in [-0.3, -0.25) is 14.4 Å². The van der Waals surface area contributed by atoms with Gasteiger partial charge in [0.25, 0.3) is 11.8 Å². The molecule has 1 atom stereocenters. The number of aromatic nitrogens is 2. The lowest BCUT2D eigenvalue weighted by atomic mass is 10.1. The zero-order valence-electron chi connectivity index (χ0n) is 18.7. The molecule has 3 aromatic rings. The van der Waals surface area contributed by atoms with Crippen molar-refractivity contribution >= 4 is 29.1 Å². The minimum absolute atomic E-state index is 0.0311. The fourth-order valence-electron chi connectivity index (χ4n) is 3.70. The topological polar surface area (TPSA) is 114 Å². The highest BCUT2D eigenvalue weighted by atomic mass is 16.5. The van der Waals surface area contributed by atoms with Crippen LogP contribution in [0.5, 0.6) is 0 Å². The quantitative estimate of drug-likeness (QED) is 0.453. The second kappa shape index (κ2) is 11.2. The van der Waals surface area contributed by atoms with Crippen molar-refractivity contribution in [2.75, 3.05) is 23.8 Å². The zero-order chi connectivity index (χ0) is 23.8. The summed E-state index contributed by atoms with van der Waals surface area (Å²) < 4.78 is 7.36. The molecule has 1 aromatic heterocycles. The first-order valence-corrected chi connectivity index (χ1v) is 11.2. The summed E-state index contributed by atoms with van der Waals surface area (Å²) in [5, 5.41) is 8.49. The number of hydrogen-bond acceptors (Lipinski definition) is 5. The van der Waals surface area contributed by atoms with Gasteiger partial charge in [0, 0.05) is 49.8 Å². The molecule has 2 heterocycles. The van der Waals surface area contributed by atoms with Crippen molar-refractivity contribution in [2.24, 2.45) is 0 Å². The maximum Gasteiger partial charge on any atom is 0.255 e. The third-order valence-corrected chi connectivity index (χ3v) is 5.50. The van der Waals surface area contributed by atoms with Crippen LogP contribution in [0.25, 0.3) is 0 Å². The molecular weight excluding hydrogens is 434 g/mol. The van der Waals surface area contributed by atoms with E-state index in [-0.39, 0.29) is 30.2 Å². The van der Waals surface area contributed by atoms with Gasteiger partial charge in [-0.05, 0) is 43.2 Å². The standard InChI is InChI=1S/C25H27N5O4/c31-23(10-12-30-13-11-26-17-30)28-19-6-3-5-18(15-19)24(32)29-22-9-2-1-8-21(22)25(33)27-16-20-7-4-14-34-20/h1-3,5-6,8-9,11,13,15,17,20H,4,7,10,12,14,16H2,(H,27,33)(H,28,31)(H,29,32). The first-order valence-electron chi connectivity index (χ1n) is 11.2. The van der Waals surface area contributed by atoms with Crippen LogP contribution in [0.15, 0.2) is 67.3 Å². The molecule has 1 fully saturated rings. The number of carbonyl (C=O) groups is 3. The number of aryl methyl sites for hydroxylation is 1. The number of benzene rings is 2. The number of rotatable bonds is 9. The Morgan fingerprint density at radius 2 is 1.94 bits per heavy atom. The molecule has 0 saturated carbocycles. The van der Waals surface area contributed by atoms with Gasteiger partial charge >= 0.3 is 0 Å². The maximum atomic E-state index is 12.9. The van der Waals surface area contributed by atoms with Crippen molar-refractivity contribution in [3.8, 4) is 0 Å². The number of carbonyl (C=O) groups excluding carboxylic acids is 3. The molecule has 0 radical (unpaired) electrons. The molecule has 4 rings (SSSR count). The summed E-state index contributed by atoms with van der Waals surface area (Å²) >= 11 is 0. The number of hydrogen-bond donors (Lipinski definition) is 3. The number of ether oxygens (including phenoxy) is 1. The Hall–Kier alpha value is -3.98. The highest BCUT2D eigenvalue weighted by molar-refractivity contribution is 6.09. The van der Waals surface area contributed by atoms with Crippen LogP contribution < -0.4 is 16.0 Å². The van der Waals surface area contributed by atoms with E-state index in [1.807, 2.05) is 4.57 Å². The van der Waals surface area contributed by atoms with Gasteiger partial charge in [-0.2, -0.15) is 0 Å². The molecule has 176 valence electrons. The van der Waals surface area contributed by atoms with Gasteiger partial charge < -0.3 is 25.3 Å². The Kier molecular flexibility index (Phi) is 7.67. The Morgan fingerprint density at radius 1 is 1.06 bits per heavy atom.